The third-order valence-corrected chi connectivity index (χ3v) is 3.38. The molecule has 1 aromatic heterocycles. The van der Waals surface area contributed by atoms with Crippen molar-refractivity contribution in [3.8, 4) is 22.8 Å². The number of H-pyrrole nitrogens is 1. The summed E-state index contributed by atoms with van der Waals surface area (Å²) in [6.45, 7) is 5.71. The van der Waals surface area contributed by atoms with Crippen LogP contribution in [0.4, 0.5) is 0 Å². The average molecular weight is 288 g/mol. The number of hydrogen-bond donors (Lipinski definition) is 1. The standard InChI is InChI=1S/C16H20N2O3/c1-9(2)15-17-14(10(3)16(19)18-15)13-11(20-4)7-6-8-12(13)21-5/h6-9H,1-5H3,(H,17,18,19). The van der Waals surface area contributed by atoms with Gasteiger partial charge in [0.25, 0.3) is 5.56 Å². The van der Waals surface area contributed by atoms with Crippen LogP contribution < -0.4 is 15.0 Å². The summed E-state index contributed by atoms with van der Waals surface area (Å²) in [5.74, 6) is 2.03. The summed E-state index contributed by atoms with van der Waals surface area (Å²) in [6.07, 6.45) is 0. The number of nitrogens with zero attached hydrogens (tertiary/aromatic N) is 1. The molecule has 21 heavy (non-hydrogen) atoms. The van der Waals surface area contributed by atoms with Gasteiger partial charge >= 0.3 is 0 Å². The molecule has 2 aromatic rings. The van der Waals surface area contributed by atoms with E-state index in [1.54, 1.807) is 21.1 Å². The summed E-state index contributed by atoms with van der Waals surface area (Å²) in [6, 6.07) is 5.50. The Hall–Kier alpha value is -2.30. The average Bonchev–Trinajstić information content (AvgIpc) is 2.48. The zero-order chi connectivity index (χ0) is 15.6. The lowest BCUT2D eigenvalue weighted by molar-refractivity contribution is 0.397. The molecule has 0 unspecified atom stereocenters. The number of nitrogens with one attached hydrogen (secondary N) is 1. The van der Waals surface area contributed by atoms with E-state index < -0.39 is 0 Å². The van der Waals surface area contributed by atoms with Crippen molar-refractivity contribution in [2.24, 2.45) is 0 Å². The zero-order valence-corrected chi connectivity index (χ0v) is 13.0. The van der Waals surface area contributed by atoms with Crippen molar-refractivity contribution in [1.29, 1.82) is 0 Å². The lowest BCUT2D eigenvalue weighted by atomic mass is 10.0. The van der Waals surface area contributed by atoms with Crippen molar-refractivity contribution in [3.63, 3.8) is 0 Å². The highest BCUT2D eigenvalue weighted by Crippen LogP contribution is 2.38. The van der Waals surface area contributed by atoms with Gasteiger partial charge < -0.3 is 14.5 Å². The van der Waals surface area contributed by atoms with E-state index in [2.05, 4.69) is 9.97 Å². The number of aromatic nitrogens is 2. The van der Waals surface area contributed by atoms with E-state index in [1.807, 2.05) is 32.0 Å². The Morgan fingerprint density at radius 2 is 1.71 bits per heavy atom. The summed E-state index contributed by atoms with van der Waals surface area (Å²) in [7, 11) is 3.17. The van der Waals surface area contributed by atoms with Crippen LogP contribution in [0.5, 0.6) is 11.5 Å². The van der Waals surface area contributed by atoms with Gasteiger partial charge in [-0.25, -0.2) is 4.98 Å². The van der Waals surface area contributed by atoms with Gasteiger partial charge in [-0.05, 0) is 19.1 Å². The van der Waals surface area contributed by atoms with Crippen molar-refractivity contribution < 1.29 is 9.47 Å². The summed E-state index contributed by atoms with van der Waals surface area (Å²) >= 11 is 0. The van der Waals surface area contributed by atoms with E-state index in [0.29, 0.717) is 34.1 Å². The molecule has 5 heteroatoms. The number of aromatic amines is 1. The molecular weight excluding hydrogens is 268 g/mol. The molecule has 0 amide bonds. The molecule has 0 saturated heterocycles. The smallest absolute Gasteiger partial charge is 0.254 e. The molecule has 0 spiro atoms. The molecule has 1 aromatic carbocycles. The molecule has 0 aliphatic heterocycles. The Bertz CT molecular complexity index is 683. The number of ether oxygens (including phenoxy) is 2. The predicted molar refractivity (Wildman–Crippen MR) is 82.2 cm³/mol. The Morgan fingerprint density at radius 3 is 2.19 bits per heavy atom. The molecule has 0 bridgehead atoms. The van der Waals surface area contributed by atoms with Crippen molar-refractivity contribution >= 4 is 0 Å². The van der Waals surface area contributed by atoms with Crippen LogP contribution >= 0.6 is 0 Å². The maximum absolute atomic E-state index is 12.2. The number of benzene rings is 1. The Balaban J connectivity index is 2.81. The highest BCUT2D eigenvalue weighted by atomic mass is 16.5. The fourth-order valence-electron chi connectivity index (χ4n) is 2.15. The van der Waals surface area contributed by atoms with Crippen molar-refractivity contribution in [2.45, 2.75) is 26.7 Å². The highest BCUT2D eigenvalue weighted by Gasteiger charge is 2.19. The third kappa shape index (κ3) is 2.77. The quantitative estimate of drug-likeness (QED) is 0.939. The first-order valence-electron chi connectivity index (χ1n) is 6.81. The van der Waals surface area contributed by atoms with Crippen molar-refractivity contribution in [2.75, 3.05) is 14.2 Å². The van der Waals surface area contributed by atoms with E-state index in [1.165, 1.54) is 0 Å². The molecule has 0 fully saturated rings. The predicted octanol–water partition coefficient (Wildman–Crippen LogP) is 2.89. The van der Waals surface area contributed by atoms with Crippen LogP contribution in [0.15, 0.2) is 23.0 Å². The summed E-state index contributed by atoms with van der Waals surface area (Å²) in [5.41, 5.74) is 1.70. The van der Waals surface area contributed by atoms with E-state index >= 15 is 0 Å². The maximum atomic E-state index is 12.2. The first-order valence-corrected chi connectivity index (χ1v) is 6.81. The molecule has 0 atom stereocenters. The molecule has 2 rings (SSSR count). The molecule has 5 nitrogen and oxygen atoms in total. The van der Waals surface area contributed by atoms with Crippen LogP contribution in [0, 0.1) is 6.92 Å². The summed E-state index contributed by atoms with van der Waals surface area (Å²) in [4.78, 5) is 19.6. The highest BCUT2D eigenvalue weighted by molar-refractivity contribution is 5.76. The third-order valence-electron chi connectivity index (χ3n) is 3.38. The summed E-state index contributed by atoms with van der Waals surface area (Å²) in [5, 5.41) is 0. The fraction of sp³-hybridized carbons (Fsp3) is 0.375. The number of methoxy groups -OCH3 is 2. The van der Waals surface area contributed by atoms with Gasteiger partial charge in [0.2, 0.25) is 0 Å². The largest absolute Gasteiger partial charge is 0.496 e. The Kier molecular flexibility index (Phi) is 4.31. The normalized spacial score (nSPS) is 10.8. The van der Waals surface area contributed by atoms with Gasteiger partial charge in [0.05, 0.1) is 25.5 Å². The van der Waals surface area contributed by atoms with Gasteiger partial charge in [-0.2, -0.15) is 0 Å². The molecule has 0 radical (unpaired) electrons. The van der Waals surface area contributed by atoms with Gasteiger partial charge in [0, 0.05) is 11.5 Å². The molecule has 0 aliphatic carbocycles. The fourth-order valence-corrected chi connectivity index (χ4v) is 2.15. The van der Waals surface area contributed by atoms with E-state index in [-0.39, 0.29) is 11.5 Å². The molecular formula is C16H20N2O3. The Morgan fingerprint density at radius 1 is 1.14 bits per heavy atom. The lowest BCUT2D eigenvalue weighted by Gasteiger charge is -2.15. The van der Waals surface area contributed by atoms with E-state index in [9.17, 15) is 4.79 Å². The zero-order valence-electron chi connectivity index (χ0n) is 13.0. The monoisotopic (exact) mass is 288 g/mol. The van der Waals surface area contributed by atoms with Gasteiger partial charge in [0.1, 0.15) is 17.3 Å². The van der Waals surface area contributed by atoms with Crippen LogP contribution in [0.25, 0.3) is 11.3 Å². The van der Waals surface area contributed by atoms with Gasteiger partial charge in [-0.1, -0.05) is 19.9 Å². The van der Waals surface area contributed by atoms with Crippen LogP contribution in [0.2, 0.25) is 0 Å². The minimum Gasteiger partial charge on any atom is -0.496 e. The van der Waals surface area contributed by atoms with E-state index in [0.717, 1.165) is 0 Å². The minimum atomic E-state index is -0.142. The van der Waals surface area contributed by atoms with Crippen LogP contribution in [0.1, 0.15) is 31.2 Å². The van der Waals surface area contributed by atoms with Gasteiger partial charge in [-0.15, -0.1) is 0 Å². The van der Waals surface area contributed by atoms with E-state index in [4.69, 9.17) is 9.47 Å². The van der Waals surface area contributed by atoms with Crippen molar-refractivity contribution in [3.05, 3.63) is 39.9 Å². The van der Waals surface area contributed by atoms with Gasteiger partial charge in [-0.3, -0.25) is 4.79 Å². The van der Waals surface area contributed by atoms with Crippen LogP contribution in [-0.2, 0) is 0 Å². The number of rotatable bonds is 4. The molecule has 0 saturated carbocycles. The first-order chi connectivity index (χ1) is 9.99. The van der Waals surface area contributed by atoms with Gasteiger partial charge in [0.15, 0.2) is 0 Å². The second kappa shape index (κ2) is 5.99. The molecule has 0 aliphatic rings. The van der Waals surface area contributed by atoms with Crippen LogP contribution in [0.3, 0.4) is 0 Å². The van der Waals surface area contributed by atoms with Crippen LogP contribution in [-0.4, -0.2) is 24.2 Å². The number of hydrogen-bond acceptors (Lipinski definition) is 4. The second-order valence-electron chi connectivity index (χ2n) is 5.12. The first kappa shape index (κ1) is 15.1. The molecule has 1 heterocycles. The maximum Gasteiger partial charge on any atom is 0.254 e. The lowest BCUT2D eigenvalue weighted by Crippen LogP contribution is -2.17. The second-order valence-corrected chi connectivity index (χ2v) is 5.12. The van der Waals surface area contributed by atoms with Crippen molar-refractivity contribution in [1.82, 2.24) is 9.97 Å². The minimum absolute atomic E-state index is 0.123. The molecule has 112 valence electrons. The SMILES string of the molecule is COc1cccc(OC)c1-c1nc(C(C)C)[nH]c(=O)c1C. The molecule has 1 N–H and O–H groups in total. The topological polar surface area (TPSA) is 64.2 Å². The summed E-state index contributed by atoms with van der Waals surface area (Å²) < 4.78 is 10.8. The Labute approximate surface area is 124 Å².